The largest absolute Gasteiger partial charge is 0.542 e. The van der Waals surface area contributed by atoms with Crippen LogP contribution in [0, 0.1) is 11.8 Å². The highest BCUT2D eigenvalue weighted by Crippen LogP contribution is 2.17. The summed E-state index contributed by atoms with van der Waals surface area (Å²) in [5.41, 5.74) is -0.546. The summed E-state index contributed by atoms with van der Waals surface area (Å²) < 4.78 is 5.22. The van der Waals surface area contributed by atoms with Gasteiger partial charge in [0.2, 0.25) is 0 Å². The summed E-state index contributed by atoms with van der Waals surface area (Å²) in [4.78, 5) is 20.7. The molecule has 0 N–H and O–H groups in total. The quantitative estimate of drug-likeness (QED) is 0.395. The molecule has 0 aliphatic carbocycles. The Morgan fingerprint density at radius 1 is 1.00 bits per heavy atom. The molecule has 5 heteroatoms. The maximum absolute atomic E-state index is 11.5. The Morgan fingerprint density at radius 3 is 1.84 bits per heavy atom. The molecule has 0 atom stereocenters. The Bertz CT molecular complexity index is 245. The Labute approximate surface area is 116 Å². The monoisotopic (exact) mass is 276 g/mol. The van der Waals surface area contributed by atoms with E-state index in [0.717, 1.165) is 12.8 Å². The SMILES string of the molecule is CC(C)CC(CC(C)C)OC(=O)OOOC(C)(C)C. The van der Waals surface area contributed by atoms with Crippen molar-refractivity contribution in [1.82, 2.24) is 0 Å². The van der Waals surface area contributed by atoms with E-state index in [0.29, 0.717) is 11.8 Å². The van der Waals surface area contributed by atoms with Gasteiger partial charge in [0, 0.05) is 0 Å². The molecule has 114 valence electrons. The fraction of sp³-hybridized carbons (Fsp3) is 0.929. The van der Waals surface area contributed by atoms with Crippen LogP contribution in [0.15, 0.2) is 0 Å². The van der Waals surface area contributed by atoms with Crippen LogP contribution in [-0.4, -0.2) is 17.9 Å². The predicted molar refractivity (Wildman–Crippen MR) is 72.2 cm³/mol. The third-order valence-electron chi connectivity index (χ3n) is 2.12. The lowest BCUT2D eigenvalue weighted by atomic mass is 9.98. The van der Waals surface area contributed by atoms with Crippen molar-refractivity contribution in [2.45, 2.75) is 73.0 Å². The van der Waals surface area contributed by atoms with E-state index < -0.39 is 11.8 Å². The Balaban J connectivity index is 4.08. The van der Waals surface area contributed by atoms with Gasteiger partial charge in [0.25, 0.3) is 0 Å². The first-order valence-electron chi connectivity index (χ1n) is 6.83. The third kappa shape index (κ3) is 12.0. The van der Waals surface area contributed by atoms with Crippen molar-refractivity contribution in [3.63, 3.8) is 0 Å². The van der Waals surface area contributed by atoms with E-state index in [9.17, 15) is 4.79 Å². The van der Waals surface area contributed by atoms with Crippen molar-refractivity contribution in [3.05, 3.63) is 0 Å². The maximum atomic E-state index is 11.5. The molecule has 0 unspecified atom stereocenters. The second-order valence-corrected chi connectivity index (χ2v) is 6.60. The average molecular weight is 276 g/mol. The van der Waals surface area contributed by atoms with E-state index in [4.69, 9.17) is 9.62 Å². The van der Waals surface area contributed by atoms with Gasteiger partial charge in [0.05, 0.1) is 5.60 Å². The van der Waals surface area contributed by atoms with Crippen molar-refractivity contribution in [1.29, 1.82) is 0 Å². The molecule has 0 rings (SSSR count). The standard InChI is InChI=1S/C14H28O5/c1-10(2)8-12(9-11(3)4)16-13(15)17-19-18-14(5,6)7/h10-12H,8-9H2,1-7H3. The van der Waals surface area contributed by atoms with Gasteiger partial charge in [-0.05, 0) is 50.5 Å². The molecule has 0 bridgehead atoms. The lowest BCUT2D eigenvalue weighted by molar-refractivity contribution is -0.515. The lowest BCUT2D eigenvalue weighted by Gasteiger charge is -2.21. The molecule has 0 aliphatic heterocycles. The van der Waals surface area contributed by atoms with Crippen LogP contribution in [0.1, 0.15) is 61.3 Å². The van der Waals surface area contributed by atoms with Crippen LogP contribution < -0.4 is 0 Å². The lowest BCUT2D eigenvalue weighted by Crippen LogP contribution is -2.25. The topological polar surface area (TPSA) is 54.0 Å². The van der Waals surface area contributed by atoms with Gasteiger partial charge in [0.1, 0.15) is 6.10 Å². The van der Waals surface area contributed by atoms with Gasteiger partial charge in [-0.3, -0.25) is 0 Å². The maximum Gasteiger partial charge on any atom is 0.542 e. The van der Waals surface area contributed by atoms with Crippen LogP contribution in [0.25, 0.3) is 0 Å². The molecule has 5 nitrogen and oxygen atoms in total. The highest BCUT2D eigenvalue weighted by molar-refractivity contribution is 5.59. The smallest absolute Gasteiger partial charge is 0.429 e. The van der Waals surface area contributed by atoms with E-state index in [2.05, 4.69) is 37.6 Å². The minimum Gasteiger partial charge on any atom is -0.429 e. The van der Waals surface area contributed by atoms with Gasteiger partial charge in [-0.2, -0.15) is 4.89 Å². The third-order valence-corrected chi connectivity index (χ3v) is 2.12. The summed E-state index contributed by atoms with van der Waals surface area (Å²) in [6.45, 7) is 13.7. The van der Waals surface area contributed by atoms with Crippen molar-refractivity contribution >= 4 is 6.16 Å². The van der Waals surface area contributed by atoms with Gasteiger partial charge < -0.3 is 4.74 Å². The molecule has 0 aliphatic rings. The molecule has 0 saturated heterocycles. The van der Waals surface area contributed by atoms with Gasteiger partial charge in [-0.15, -0.1) is 0 Å². The molecule has 0 fully saturated rings. The molecule has 0 spiro atoms. The molecule has 0 aromatic carbocycles. The zero-order valence-corrected chi connectivity index (χ0v) is 13.2. The predicted octanol–water partition coefficient (Wildman–Crippen LogP) is 4.26. The number of rotatable bonds is 7. The first-order chi connectivity index (χ1) is 8.60. The van der Waals surface area contributed by atoms with Crippen LogP contribution >= 0.6 is 0 Å². The Morgan fingerprint density at radius 2 is 1.47 bits per heavy atom. The summed E-state index contributed by atoms with van der Waals surface area (Å²) in [5, 5.41) is 4.40. The van der Waals surface area contributed by atoms with E-state index in [-0.39, 0.29) is 6.10 Å². The van der Waals surface area contributed by atoms with Crippen molar-refractivity contribution < 1.29 is 24.3 Å². The second-order valence-electron chi connectivity index (χ2n) is 6.60. The molecular formula is C14H28O5. The van der Waals surface area contributed by atoms with Crippen LogP contribution in [0.3, 0.4) is 0 Å². The molecule has 19 heavy (non-hydrogen) atoms. The number of ether oxygens (including phenoxy) is 1. The highest BCUT2D eigenvalue weighted by Gasteiger charge is 2.20. The molecule has 0 aromatic heterocycles. The number of hydrogen-bond donors (Lipinski definition) is 0. The summed E-state index contributed by atoms with van der Waals surface area (Å²) >= 11 is 0. The summed E-state index contributed by atoms with van der Waals surface area (Å²) in [6.07, 6.45) is 0.571. The number of hydrogen-bond acceptors (Lipinski definition) is 5. The van der Waals surface area contributed by atoms with Crippen molar-refractivity contribution in [3.8, 4) is 0 Å². The van der Waals surface area contributed by atoms with E-state index >= 15 is 0 Å². The molecule has 0 radical (unpaired) electrons. The molecule has 0 heterocycles. The van der Waals surface area contributed by atoms with Crippen LogP contribution in [0.5, 0.6) is 0 Å². The van der Waals surface area contributed by atoms with E-state index in [1.54, 1.807) is 20.8 Å². The minimum atomic E-state index is -0.865. The average Bonchev–Trinajstić information content (AvgIpc) is 2.12. The summed E-state index contributed by atoms with van der Waals surface area (Å²) in [7, 11) is 0. The first kappa shape index (κ1) is 18.2. The zero-order chi connectivity index (χ0) is 15.1. The van der Waals surface area contributed by atoms with Crippen LogP contribution in [-0.2, 0) is 19.6 Å². The van der Waals surface area contributed by atoms with E-state index in [1.807, 2.05) is 0 Å². The first-order valence-corrected chi connectivity index (χ1v) is 6.83. The Hall–Kier alpha value is -0.810. The van der Waals surface area contributed by atoms with Crippen molar-refractivity contribution in [2.24, 2.45) is 11.8 Å². The molecular weight excluding hydrogens is 248 g/mol. The normalized spacial score (nSPS) is 12.3. The number of carbonyl (C=O) groups excluding carboxylic acids is 1. The van der Waals surface area contributed by atoms with Gasteiger partial charge in [-0.1, -0.05) is 27.7 Å². The van der Waals surface area contributed by atoms with Crippen molar-refractivity contribution in [2.75, 3.05) is 0 Å². The fourth-order valence-electron chi connectivity index (χ4n) is 1.55. The molecule has 0 amide bonds. The zero-order valence-electron chi connectivity index (χ0n) is 13.2. The van der Waals surface area contributed by atoms with Crippen LogP contribution in [0.4, 0.5) is 4.79 Å². The fourth-order valence-corrected chi connectivity index (χ4v) is 1.55. The second kappa shape index (κ2) is 8.38. The summed E-state index contributed by atoms with van der Waals surface area (Å²) in [6, 6.07) is 0. The number of carbonyl (C=O) groups is 1. The van der Waals surface area contributed by atoms with E-state index in [1.165, 1.54) is 0 Å². The highest BCUT2D eigenvalue weighted by atomic mass is 17.5. The van der Waals surface area contributed by atoms with Gasteiger partial charge in [0.15, 0.2) is 0 Å². The Kier molecular flexibility index (Phi) is 8.02. The minimum absolute atomic E-state index is 0.161. The van der Waals surface area contributed by atoms with Gasteiger partial charge >= 0.3 is 6.16 Å². The summed E-state index contributed by atoms with van der Waals surface area (Å²) in [5.74, 6) is 0.895. The molecule has 0 saturated carbocycles. The van der Waals surface area contributed by atoms with Crippen LogP contribution in [0.2, 0.25) is 0 Å². The molecule has 0 aromatic rings. The van der Waals surface area contributed by atoms with Gasteiger partial charge in [-0.25, -0.2) is 9.68 Å².